The number of fused-ring (bicyclic) bond motifs is 3. The molecule has 3 heterocycles. The van der Waals surface area contributed by atoms with Crippen molar-refractivity contribution in [3.8, 4) is 0 Å². The molecule has 0 spiro atoms. The van der Waals surface area contributed by atoms with E-state index in [9.17, 15) is 19.5 Å². The van der Waals surface area contributed by atoms with Gasteiger partial charge in [-0.05, 0) is 24.3 Å². The van der Waals surface area contributed by atoms with E-state index < -0.39 is 36.7 Å². The maximum atomic E-state index is 13.2. The molecule has 5 rings (SSSR count). The Kier molecular flexibility index (Phi) is 4.74. The van der Waals surface area contributed by atoms with Gasteiger partial charge in [-0.25, -0.2) is 9.79 Å². The Balaban J connectivity index is 1.61. The number of benzene rings is 2. The predicted molar refractivity (Wildman–Crippen MR) is 120 cm³/mol. The van der Waals surface area contributed by atoms with Crippen molar-refractivity contribution in [1.29, 1.82) is 0 Å². The molecule has 1 saturated heterocycles. The van der Waals surface area contributed by atoms with Crippen molar-refractivity contribution in [2.75, 3.05) is 18.5 Å². The second-order valence-electron chi connectivity index (χ2n) is 7.60. The van der Waals surface area contributed by atoms with Gasteiger partial charge in [0.15, 0.2) is 12.2 Å². The molecule has 32 heavy (non-hydrogen) atoms. The van der Waals surface area contributed by atoms with Crippen molar-refractivity contribution in [3.05, 3.63) is 70.8 Å². The minimum Gasteiger partial charge on any atom is -0.480 e. The number of amides is 3. The number of carbonyl (C=O) groups excluding carboxylic acids is 2. The molecule has 2 aromatic rings. The molecule has 1 fully saturated rings. The molecule has 0 radical (unpaired) electrons. The Hall–Kier alpha value is -3.66. The average molecular weight is 496 g/mol. The quantitative estimate of drug-likeness (QED) is 0.700. The van der Waals surface area contributed by atoms with Gasteiger partial charge in [0, 0.05) is 29.0 Å². The first-order valence-electron chi connectivity index (χ1n) is 9.86. The molecule has 3 amide bonds. The summed E-state index contributed by atoms with van der Waals surface area (Å²) in [5.74, 6) is -1.33. The number of carboxylic acid groups (broad SMARTS) is 1. The van der Waals surface area contributed by atoms with Gasteiger partial charge in [0.1, 0.15) is 6.54 Å². The lowest BCUT2D eigenvalue weighted by Crippen LogP contribution is -2.64. The highest BCUT2D eigenvalue weighted by Crippen LogP contribution is 2.40. The fourth-order valence-corrected chi connectivity index (χ4v) is 4.44. The minimum absolute atomic E-state index is 0.506. The van der Waals surface area contributed by atoms with Crippen molar-refractivity contribution in [3.63, 3.8) is 0 Å². The van der Waals surface area contributed by atoms with Gasteiger partial charge < -0.3 is 10.0 Å². The van der Waals surface area contributed by atoms with E-state index in [1.165, 1.54) is 11.9 Å². The summed E-state index contributed by atoms with van der Waals surface area (Å²) >= 11 is 3.45. The first-order chi connectivity index (χ1) is 15.4. The first-order valence-corrected chi connectivity index (χ1v) is 10.6. The second-order valence-corrected chi connectivity index (χ2v) is 8.51. The van der Waals surface area contributed by atoms with Crippen LogP contribution in [0.5, 0.6) is 0 Å². The van der Waals surface area contributed by atoms with Crippen LogP contribution in [0.3, 0.4) is 0 Å². The zero-order valence-electron chi connectivity index (χ0n) is 16.9. The third kappa shape index (κ3) is 3.06. The minimum atomic E-state index is -1.25. The van der Waals surface area contributed by atoms with Crippen molar-refractivity contribution >= 4 is 51.2 Å². The Morgan fingerprint density at radius 3 is 2.44 bits per heavy atom. The number of hydrogen-bond donors (Lipinski definition) is 1. The Morgan fingerprint density at radius 2 is 1.78 bits per heavy atom. The number of likely N-dealkylation sites (N-methyl/N-ethyl adjacent to an activating group) is 1. The average Bonchev–Trinajstić information content (AvgIpc) is 3.33. The van der Waals surface area contributed by atoms with Gasteiger partial charge >= 0.3 is 12.0 Å². The summed E-state index contributed by atoms with van der Waals surface area (Å²) in [5, 5.41) is 9.19. The standard InChI is InChI=1S/C22H18BrN5O4/c1-25-19-18(20(31)27(22(25)32)12-17(29)30)26-11-16(13-5-3-2-4-6-13)28(21(26)24-19)15-9-7-14(23)8-10-15/h2-11,18-19H,12H2,1H3,(H,29,30). The number of carboxylic acids is 1. The third-order valence-electron chi connectivity index (χ3n) is 5.66. The predicted octanol–water partition coefficient (Wildman–Crippen LogP) is 2.61. The number of urea groups is 1. The summed E-state index contributed by atoms with van der Waals surface area (Å²) in [7, 11) is 1.53. The van der Waals surface area contributed by atoms with Crippen LogP contribution in [0.15, 0.2) is 70.3 Å². The molecule has 9 nitrogen and oxygen atoms in total. The lowest BCUT2D eigenvalue weighted by atomic mass is 10.1. The van der Waals surface area contributed by atoms with Gasteiger partial charge in [-0.1, -0.05) is 46.3 Å². The van der Waals surface area contributed by atoms with E-state index in [4.69, 9.17) is 4.99 Å². The van der Waals surface area contributed by atoms with Crippen molar-refractivity contribution in [2.24, 2.45) is 4.99 Å². The molecule has 3 aliphatic rings. The topological polar surface area (TPSA) is 96.8 Å². The number of hydrogen-bond acceptors (Lipinski definition) is 6. The number of halogens is 1. The summed E-state index contributed by atoms with van der Waals surface area (Å²) in [6.07, 6.45) is 1.09. The van der Waals surface area contributed by atoms with Crippen LogP contribution >= 0.6 is 15.9 Å². The van der Waals surface area contributed by atoms with E-state index in [-0.39, 0.29) is 0 Å². The van der Waals surface area contributed by atoms with Crippen molar-refractivity contribution in [2.45, 2.75) is 12.2 Å². The molecule has 3 aliphatic heterocycles. The maximum absolute atomic E-state index is 13.2. The highest BCUT2D eigenvalue weighted by Gasteiger charge is 2.55. The molecule has 0 bridgehead atoms. The molecule has 0 aliphatic carbocycles. The molecule has 0 aromatic heterocycles. The van der Waals surface area contributed by atoms with Crippen LogP contribution in [-0.2, 0) is 9.59 Å². The van der Waals surface area contributed by atoms with Crippen LogP contribution in [0.4, 0.5) is 10.5 Å². The van der Waals surface area contributed by atoms with E-state index >= 15 is 0 Å². The largest absolute Gasteiger partial charge is 0.480 e. The molecular formula is C22H18BrN5O4. The number of nitrogens with zero attached hydrogens (tertiary/aromatic N) is 5. The monoisotopic (exact) mass is 495 g/mol. The zero-order chi connectivity index (χ0) is 22.6. The summed E-state index contributed by atoms with van der Waals surface area (Å²) in [6.45, 7) is -0.694. The number of imide groups is 1. The first kappa shape index (κ1) is 20.3. The van der Waals surface area contributed by atoms with Crippen LogP contribution < -0.4 is 4.90 Å². The van der Waals surface area contributed by atoms with E-state index in [0.29, 0.717) is 5.96 Å². The van der Waals surface area contributed by atoms with Crippen molar-refractivity contribution < 1.29 is 19.5 Å². The fraction of sp³-hybridized carbons (Fsp3) is 0.182. The summed E-state index contributed by atoms with van der Waals surface area (Å²) in [4.78, 5) is 47.6. The number of carbonyl (C=O) groups is 3. The van der Waals surface area contributed by atoms with Crippen molar-refractivity contribution in [1.82, 2.24) is 14.7 Å². The molecular weight excluding hydrogens is 478 g/mol. The number of guanidine groups is 1. The van der Waals surface area contributed by atoms with Gasteiger partial charge in [-0.3, -0.25) is 24.3 Å². The molecule has 162 valence electrons. The van der Waals surface area contributed by atoms with Gasteiger partial charge in [0.05, 0.1) is 5.70 Å². The van der Waals surface area contributed by atoms with E-state index in [2.05, 4.69) is 15.9 Å². The summed E-state index contributed by atoms with van der Waals surface area (Å²) < 4.78 is 0.925. The molecule has 1 N–H and O–H groups in total. The van der Waals surface area contributed by atoms with Crippen LogP contribution in [0.25, 0.3) is 5.70 Å². The number of aliphatic imine (C=N–C) groups is 1. The van der Waals surface area contributed by atoms with Gasteiger partial charge in [0.2, 0.25) is 5.96 Å². The van der Waals surface area contributed by atoms with E-state index in [0.717, 1.165) is 26.3 Å². The highest BCUT2D eigenvalue weighted by molar-refractivity contribution is 9.10. The van der Waals surface area contributed by atoms with Gasteiger partial charge in [-0.2, -0.15) is 0 Å². The fourth-order valence-electron chi connectivity index (χ4n) is 4.17. The molecule has 2 aromatic carbocycles. The Bertz CT molecular complexity index is 1180. The SMILES string of the molecule is CN1C(=O)N(CC(=O)O)C(=O)C2C1N=C1N(c3ccc(Br)cc3)C(c3ccccc3)=CN12. The van der Waals surface area contributed by atoms with Crippen LogP contribution in [0.2, 0.25) is 0 Å². The number of rotatable bonds is 4. The Morgan fingerprint density at radius 1 is 1.09 bits per heavy atom. The number of anilines is 1. The van der Waals surface area contributed by atoms with Crippen LogP contribution in [0.1, 0.15) is 5.56 Å². The van der Waals surface area contributed by atoms with Crippen LogP contribution in [-0.4, -0.2) is 69.5 Å². The highest BCUT2D eigenvalue weighted by atomic mass is 79.9. The van der Waals surface area contributed by atoms with Gasteiger partial charge in [-0.15, -0.1) is 0 Å². The second kappa shape index (κ2) is 7.49. The smallest absolute Gasteiger partial charge is 0.328 e. The van der Waals surface area contributed by atoms with E-state index in [1.54, 1.807) is 4.90 Å². The van der Waals surface area contributed by atoms with Crippen LogP contribution in [0, 0.1) is 0 Å². The third-order valence-corrected chi connectivity index (χ3v) is 6.19. The lowest BCUT2D eigenvalue weighted by molar-refractivity contribution is -0.146. The maximum Gasteiger partial charge on any atom is 0.328 e. The molecule has 2 unspecified atom stereocenters. The van der Waals surface area contributed by atoms with Gasteiger partial charge in [0.25, 0.3) is 5.91 Å². The lowest BCUT2D eigenvalue weighted by Gasteiger charge is -2.39. The normalized spacial score (nSPS) is 22.1. The molecule has 0 saturated carbocycles. The van der Waals surface area contributed by atoms with E-state index in [1.807, 2.05) is 65.7 Å². The number of aliphatic carboxylic acids is 1. The summed E-state index contributed by atoms with van der Waals surface area (Å²) in [5.41, 5.74) is 2.59. The zero-order valence-corrected chi connectivity index (χ0v) is 18.5. The summed E-state index contributed by atoms with van der Waals surface area (Å²) in [6, 6.07) is 15.9. The molecule has 2 atom stereocenters. The molecule has 10 heteroatoms. The Labute approximate surface area is 192 Å².